The molecule has 18 heavy (non-hydrogen) atoms. The van der Waals surface area contributed by atoms with E-state index in [0.717, 1.165) is 13.1 Å². The molecule has 2 heterocycles. The molecule has 1 saturated heterocycles. The highest BCUT2D eigenvalue weighted by atomic mass is 19.1. The third-order valence-corrected chi connectivity index (χ3v) is 2.95. The van der Waals surface area contributed by atoms with Crippen molar-refractivity contribution < 1.29 is 9.18 Å². The van der Waals surface area contributed by atoms with E-state index in [1.165, 1.54) is 18.3 Å². The number of nitrogens with zero attached hydrogens (tertiary/aromatic N) is 3. The molecule has 1 aliphatic rings. The van der Waals surface area contributed by atoms with Crippen molar-refractivity contribution in [3.05, 3.63) is 29.8 Å². The average molecular weight is 247 g/mol. The highest BCUT2D eigenvalue weighted by Gasteiger charge is 2.21. The molecule has 0 spiro atoms. The Morgan fingerprint density at radius 3 is 2.67 bits per heavy atom. The van der Waals surface area contributed by atoms with Crippen molar-refractivity contribution in [1.82, 2.24) is 14.8 Å². The maximum Gasteiger partial charge on any atom is 0.255 e. The fourth-order valence-corrected chi connectivity index (χ4v) is 1.92. The largest absolute Gasteiger partial charge is 0.336 e. The first-order chi connectivity index (χ1) is 8.70. The Balaban J connectivity index is 1.95. The monoisotopic (exact) mass is 247 g/mol. The van der Waals surface area contributed by atoms with Crippen LogP contribution in [0.3, 0.4) is 0 Å². The van der Waals surface area contributed by atoms with E-state index in [9.17, 15) is 9.18 Å². The Kier molecular flexibility index (Phi) is 3.90. The van der Waals surface area contributed by atoms with Gasteiger partial charge in [0.15, 0.2) is 0 Å². The molecular weight excluding hydrogens is 233 g/mol. The minimum absolute atomic E-state index is 0.108. The summed E-state index contributed by atoms with van der Waals surface area (Å²) in [5, 5.41) is 0. The van der Waals surface area contributed by atoms with E-state index in [2.05, 4.69) is 15.8 Å². The van der Waals surface area contributed by atoms with Gasteiger partial charge in [0, 0.05) is 32.4 Å². The van der Waals surface area contributed by atoms with Crippen LogP contribution in [0.2, 0.25) is 0 Å². The summed E-state index contributed by atoms with van der Waals surface area (Å²) in [5.41, 5.74) is 0.418. The lowest BCUT2D eigenvalue weighted by molar-refractivity contribution is 0.0651. The standard InChI is InChI=1S/C13H14FN3O/c1-2-5-16-6-8-17(9-7-16)13(18)11-3-4-12(14)15-10-11/h1,3-4,10H,5-9H2. The van der Waals surface area contributed by atoms with Crippen LogP contribution in [-0.2, 0) is 0 Å². The van der Waals surface area contributed by atoms with Gasteiger partial charge in [-0.05, 0) is 12.1 Å². The van der Waals surface area contributed by atoms with Gasteiger partial charge in [0.25, 0.3) is 5.91 Å². The molecule has 0 atom stereocenters. The third kappa shape index (κ3) is 2.84. The van der Waals surface area contributed by atoms with Crippen LogP contribution in [0, 0.1) is 18.3 Å². The second-order valence-corrected chi connectivity index (χ2v) is 4.14. The number of halogens is 1. The van der Waals surface area contributed by atoms with Gasteiger partial charge in [0.1, 0.15) is 0 Å². The van der Waals surface area contributed by atoms with Gasteiger partial charge in [0.2, 0.25) is 5.95 Å². The third-order valence-electron chi connectivity index (χ3n) is 2.95. The zero-order valence-corrected chi connectivity index (χ0v) is 9.97. The molecule has 0 unspecified atom stereocenters. The summed E-state index contributed by atoms with van der Waals surface area (Å²) in [4.78, 5) is 19.4. The second kappa shape index (κ2) is 5.61. The van der Waals surface area contributed by atoms with Crippen LogP contribution in [0.4, 0.5) is 4.39 Å². The minimum atomic E-state index is -0.578. The van der Waals surface area contributed by atoms with Crippen LogP contribution < -0.4 is 0 Å². The van der Waals surface area contributed by atoms with Crippen molar-refractivity contribution in [1.29, 1.82) is 0 Å². The minimum Gasteiger partial charge on any atom is -0.336 e. The summed E-state index contributed by atoms with van der Waals surface area (Å²) in [5.74, 6) is 1.90. The number of terminal acetylenes is 1. The maximum absolute atomic E-state index is 12.7. The number of piperazine rings is 1. The zero-order valence-electron chi connectivity index (χ0n) is 9.97. The van der Waals surface area contributed by atoms with Gasteiger partial charge in [-0.25, -0.2) is 4.98 Å². The number of amides is 1. The van der Waals surface area contributed by atoms with Gasteiger partial charge in [-0.15, -0.1) is 6.42 Å². The predicted molar refractivity (Wildman–Crippen MR) is 65.4 cm³/mol. The van der Waals surface area contributed by atoms with Gasteiger partial charge in [0.05, 0.1) is 12.1 Å². The van der Waals surface area contributed by atoms with Gasteiger partial charge in [-0.2, -0.15) is 4.39 Å². The predicted octanol–water partition coefficient (Wildman–Crippen LogP) is 0.612. The van der Waals surface area contributed by atoms with Gasteiger partial charge >= 0.3 is 0 Å². The zero-order chi connectivity index (χ0) is 13.0. The van der Waals surface area contributed by atoms with Crippen molar-refractivity contribution >= 4 is 5.91 Å². The summed E-state index contributed by atoms with van der Waals surface area (Å²) in [6, 6.07) is 2.65. The Morgan fingerprint density at radius 1 is 1.39 bits per heavy atom. The number of carbonyl (C=O) groups is 1. The molecule has 1 aliphatic heterocycles. The fourth-order valence-electron chi connectivity index (χ4n) is 1.92. The van der Waals surface area contributed by atoms with Crippen molar-refractivity contribution in [3.63, 3.8) is 0 Å². The maximum atomic E-state index is 12.7. The second-order valence-electron chi connectivity index (χ2n) is 4.14. The van der Waals surface area contributed by atoms with Crippen LogP contribution >= 0.6 is 0 Å². The molecule has 0 aromatic carbocycles. The fraction of sp³-hybridized carbons (Fsp3) is 0.385. The van der Waals surface area contributed by atoms with Crippen LogP contribution in [-0.4, -0.2) is 53.4 Å². The topological polar surface area (TPSA) is 36.4 Å². The number of carbonyl (C=O) groups excluding carboxylic acids is 1. The van der Waals surface area contributed by atoms with Crippen molar-refractivity contribution in [2.45, 2.75) is 0 Å². The van der Waals surface area contributed by atoms with E-state index >= 15 is 0 Å². The molecule has 0 saturated carbocycles. The Bertz CT molecular complexity index is 458. The number of hydrogen-bond donors (Lipinski definition) is 0. The lowest BCUT2D eigenvalue weighted by atomic mass is 10.2. The van der Waals surface area contributed by atoms with Crippen molar-refractivity contribution in [3.8, 4) is 12.3 Å². The van der Waals surface area contributed by atoms with Gasteiger partial charge in [-0.1, -0.05) is 5.92 Å². The summed E-state index contributed by atoms with van der Waals surface area (Å²) in [6.07, 6.45) is 6.51. The number of aromatic nitrogens is 1. The molecule has 0 bridgehead atoms. The number of rotatable bonds is 2. The normalized spacial score (nSPS) is 16.3. The molecule has 1 fully saturated rings. The highest BCUT2D eigenvalue weighted by Crippen LogP contribution is 2.08. The van der Waals surface area contributed by atoms with E-state index in [0.29, 0.717) is 25.2 Å². The Morgan fingerprint density at radius 2 is 2.11 bits per heavy atom. The molecule has 5 heteroatoms. The van der Waals surface area contributed by atoms with Crippen LogP contribution in [0.15, 0.2) is 18.3 Å². The number of pyridine rings is 1. The summed E-state index contributed by atoms with van der Waals surface area (Å²) >= 11 is 0. The Labute approximate surface area is 105 Å². The van der Waals surface area contributed by atoms with Gasteiger partial charge < -0.3 is 4.90 Å². The lowest BCUT2D eigenvalue weighted by Gasteiger charge is -2.33. The average Bonchev–Trinajstić information content (AvgIpc) is 2.40. The molecule has 1 aromatic rings. The summed E-state index contributed by atoms with van der Waals surface area (Å²) in [6.45, 7) is 3.42. The number of hydrogen-bond acceptors (Lipinski definition) is 3. The van der Waals surface area contributed by atoms with E-state index in [4.69, 9.17) is 6.42 Å². The van der Waals surface area contributed by atoms with Crippen LogP contribution in [0.25, 0.3) is 0 Å². The smallest absolute Gasteiger partial charge is 0.255 e. The molecule has 1 amide bonds. The summed E-state index contributed by atoms with van der Waals surface area (Å²) in [7, 11) is 0. The van der Waals surface area contributed by atoms with Crippen molar-refractivity contribution in [2.75, 3.05) is 32.7 Å². The first-order valence-corrected chi connectivity index (χ1v) is 5.77. The van der Waals surface area contributed by atoms with Crippen LogP contribution in [0.1, 0.15) is 10.4 Å². The molecule has 2 rings (SSSR count). The quantitative estimate of drug-likeness (QED) is 0.567. The van der Waals surface area contributed by atoms with E-state index in [-0.39, 0.29) is 5.91 Å². The van der Waals surface area contributed by atoms with E-state index in [1.807, 2.05) is 0 Å². The SMILES string of the molecule is C#CCN1CCN(C(=O)c2ccc(F)nc2)CC1. The lowest BCUT2D eigenvalue weighted by Crippen LogP contribution is -2.48. The molecule has 94 valence electrons. The van der Waals surface area contributed by atoms with Crippen LogP contribution in [0.5, 0.6) is 0 Å². The molecule has 0 radical (unpaired) electrons. The highest BCUT2D eigenvalue weighted by molar-refractivity contribution is 5.93. The van der Waals surface area contributed by atoms with E-state index < -0.39 is 5.95 Å². The molecule has 1 aromatic heterocycles. The van der Waals surface area contributed by atoms with Gasteiger partial charge in [-0.3, -0.25) is 9.69 Å². The molecule has 0 aliphatic carbocycles. The first kappa shape index (κ1) is 12.5. The van der Waals surface area contributed by atoms with Crippen molar-refractivity contribution in [2.24, 2.45) is 0 Å². The van der Waals surface area contributed by atoms with E-state index in [1.54, 1.807) is 4.90 Å². The molecular formula is C13H14FN3O. The first-order valence-electron chi connectivity index (χ1n) is 5.77. The molecule has 0 N–H and O–H groups in total. The Hall–Kier alpha value is -1.93. The molecule has 4 nitrogen and oxygen atoms in total. The summed E-state index contributed by atoms with van der Waals surface area (Å²) < 4.78 is 12.7.